The molecule has 13 heavy (non-hydrogen) atoms. The van der Waals surface area contributed by atoms with Crippen molar-refractivity contribution in [3.63, 3.8) is 0 Å². The highest BCUT2D eigenvalue weighted by molar-refractivity contribution is 6.51. The predicted molar refractivity (Wildman–Crippen MR) is 56.2 cm³/mol. The molecule has 0 bridgehead atoms. The molecule has 1 saturated heterocycles. The SMILES string of the molecule is C[CH2][Al]([CH2]C)[O]C(C)C1CCOC1. The van der Waals surface area contributed by atoms with E-state index < -0.39 is 14.5 Å². The van der Waals surface area contributed by atoms with Gasteiger partial charge < -0.3 is 8.53 Å². The van der Waals surface area contributed by atoms with E-state index in [1.165, 1.54) is 17.0 Å². The lowest BCUT2D eigenvalue weighted by Crippen LogP contribution is -2.28. The van der Waals surface area contributed by atoms with Crippen LogP contribution in [0.2, 0.25) is 10.6 Å². The molecule has 0 amide bonds. The van der Waals surface area contributed by atoms with Crippen molar-refractivity contribution < 1.29 is 8.53 Å². The summed E-state index contributed by atoms with van der Waals surface area (Å²) < 4.78 is 11.5. The maximum absolute atomic E-state index is 6.09. The molecule has 2 unspecified atom stereocenters. The van der Waals surface area contributed by atoms with Crippen LogP contribution in [0.25, 0.3) is 0 Å². The number of hydrogen-bond donors (Lipinski definition) is 0. The molecule has 76 valence electrons. The third kappa shape index (κ3) is 3.60. The largest absolute Gasteiger partial charge is 0.498 e. The van der Waals surface area contributed by atoms with Crippen molar-refractivity contribution in [2.45, 2.75) is 43.9 Å². The minimum atomic E-state index is -0.862. The first-order valence-corrected chi connectivity index (χ1v) is 7.61. The van der Waals surface area contributed by atoms with Gasteiger partial charge in [-0.15, -0.1) is 0 Å². The molecule has 2 atom stereocenters. The maximum atomic E-state index is 6.09. The molecular formula is C10H21AlO2. The molecule has 1 aliphatic rings. The van der Waals surface area contributed by atoms with Crippen LogP contribution >= 0.6 is 0 Å². The molecule has 0 radical (unpaired) electrons. The molecule has 0 aliphatic carbocycles. The number of hydrogen-bond acceptors (Lipinski definition) is 2. The van der Waals surface area contributed by atoms with Gasteiger partial charge in [0.15, 0.2) is 0 Å². The zero-order chi connectivity index (χ0) is 9.68. The molecule has 0 spiro atoms. The fraction of sp³-hybridized carbons (Fsp3) is 1.00. The van der Waals surface area contributed by atoms with E-state index in [0.29, 0.717) is 12.0 Å². The van der Waals surface area contributed by atoms with Crippen molar-refractivity contribution in [1.29, 1.82) is 0 Å². The van der Waals surface area contributed by atoms with E-state index in [4.69, 9.17) is 8.53 Å². The van der Waals surface area contributed by atoms with Gasteiger partial charge in [0, 0.05) is 18.6 Å². The third-order valence-electron chi connectivity index (χ3n) is 2.95. The lowest BCUT2D eigenvalue weighted by molar-refractivity contribution is 0.121. The normalized spacial score (nSPS) is 24.7. The maximum Gasteiger partial charge on any atom is 0.460 e. The van der Waals surface area contributed by atoms with Gasteiger partial charge in [-0.05, 0) is 13.3 Å². The third-order valence-corrected chi connectivity index (χ3v) is 5.58. The van der Waals surface area contributed by atoms with E-state index in [-0.39, 0.29) is 0 Å². The molecule has 0 aromatic heterocycles. The summed E-state index contributed by atoms with van der Waals surface area (Å²) in [6.07, 6.45) is 1.62. The van der Waals surface area contributed by atoms with Gasteiger partial charge in [-0.25, -0.2) is 0 Å². The van der Waals surface area contributed by atoms with Crippen molar-refractivity contribution in [2.24, 2.45) is 5.92 Å². The van der Waals surface area contributed by atoms with Crippen molar-refractivity contribution in [1.82, 2.24) is 0 Å². The summed E-state index contributed by atoms with van der Waals surface area (Å²) in [5.41, 5.74) is 0. The number of rotatable bonds is 5. The van der Waals surface area contributed by atoms with Crippen molar-refractivity contribution >= 4 is 14.5 Å². The fourth-order valence-corrected chi connectivity index (χ4v) is 3.61. The summed E-state index contributed by atoms with van der Waals surface area (Å²) in [5, 5.41) is 2.52. The molecule has 2 nitrogen and oxygen atoms in total. The molecule has 1 rings (SSSR count). The number of ether oxygens (including phenoxy) is 1. The highest BCUT2D eigenvalue weighted by Crippen LogP contribution is 2.20. The minimum absolute atomic E-state index is 0.430. The van der Waals surface area contributed by atoms with E-state index in [2.05, 4.69) is 20.8 Å². The van der Waals surface area contributed by atoms with Crippen LogP contribution in [0.3, 0.4) is 0 Å². The van der Waals surface area contributed by atoms with Crippen LogP contribution in [0.15, 0.2) is 0 Å². The van der Waals surface area contributed by atoms with E-state index in [1.54, 1.807) is 0 Å². The van der Waals surface area contributed by atoms with Gasteiger partial charge in [0.1, 0.15) is 0 Å². The summed E-state index contributed by atoms with van der Waals surface area (Å²) >= 11 is -0.862. The topological polar surface area (TPSA) is 18.5 Å². The lowest BCUT2D eigenvalue weighted by atomic mass is 10.0. The van der Waals surface area contributed by atoms with Gasteiger partial charge in [0.25, 0.3) is 0 Å². The Morgan fingerprint density at radius 1 is 1.46 bits per heavy atom. The summed E-state index contributed by atoms with van der Waals surface area (Å²) in [6, 6.07) is 0. The van der Waals surface area contributed by atoms with Gasteiger partial charge in [0.2, 0.25) is 0 Å². The van der Waals surface area contributed by atoms with E-state index in [9.17, 15) is 0 Å². The molecule has 0 saturated carbocycles. The molecule has 3 heteroatoms. The van der Waals surface area contributed by atoms with Gasteiger partial charge in [0.05, 0.1) is 6.61 Å². The molecule has 1 fully saturated rings. The zero-order valence-corrected chi connectivity index (χ0v) is 10.2. The van der Waals surface area contributed by atoms with Gasteiger partial charge >= 0.3 is 14.5 Å². The van der Waals surface area contributed by atoms with Gasteiger partial charge in [-0.1, -0.05) is 24.4 Å². The average molecular weight is 200 g/mol. The van der Waals surface area contributed by atoms with Crippen LogP contribution in [-0.2, 0) is 8.53 Å². The van der Waals surface area contributed by atoms with Crippen LogP contribution in [0, 0.1) is 5.92 Å². The second-order valence-electron chi connectivity index (χ2n) is 3.90. The Morgan fingerprint density at radius 3 is 2.62 bits per heavy atom. The van der Waals surface area contributed by atoms with E-state index >= 15 is 0 Å². The molecule has 0 aromatic rings. The van der Waals surface area contributed by atoms with Crippen LogP contribution < -0.4 is 0 Å². The summed E-state index contributed by atoms with van der Waals surface area (Å²) in [5.74, 6) is 0.660. The van der Waals surface area contributed by atoms with Crippen LogP contribution in [0.4, 0.5) is 0 Å². The zero-order valence-electron chi connectivity index (χ0n) is 9.08. The Kier molecular flexibility index (Phi) is 5.35. The Balaban J connectivity index is 2.25. The lowest BCUT2D eigenvalue weighted by Gasteiger charge is -2.22. The molecule has 1 aliphatic heterocycles. The standard InChI is InChI=1S/C6H11O2.2C2H5.Al/c1-5(7)6-2-3-8-4-6;2*1-2;/h5-6H,2-4H2,1H3;2*1H2,2H3;/q-1;;;+1. The Bertz CT molecular complexity index is 131. The molecule has 0 aromatic carbocycles. The Labute approximate surface area is 86.3 Å². The summed E-state index contributed by atoms with van der Waals surface area (Å²) in [4.78, 5) is 0. The average Bonchev–Trinajstić information content (AvgIpc) is 2.66. The summed E-state index contributed by atoms with van der Waals surface area (Å²) in [6.45, 7) is 8.56. The first-order chi connectivity index (χ1) is 6.27. The van der Waals surface area contributed by atoms with Crippen LogP contribution in [-0.4, -0.2) is 33.8 Å². The van der Waals surface area contributed by atoms with Crippen LogP contribution in [0.1, 0.15) is 27.2 Å². The van der Waals surface area contributed by atoms with Gasteiger partial charge in [-0.3, -0.25) is 0 Å². The fourth-order valence-electron chi connectivity index (χ4n) is 1.82. The first-order valence-electron chi connectivity index (χ1n) is 5.51. The van der Waals surface area contributed by atoms with Crippen molar-refractivity contribution in [2.75, 3.05) is 13.2 Å². The molecule has 0 N–H and O–H groups in total. The van der Waals surface area contributed by atoms with Crippen molar-refractivity contribution in [3.05, 3.63) is 0 Å². The molecule has 1 heterocycles. The second kappa shape index (κ2) is 6.03. The highest BCUT2D eigenvalue weighted by atomic mass is 27.2. The monoisotopic (exact) mass is 200 g/mol. The van der Waals surface area contributed by atoms with E-state index in [0.717, 1.165) is 13.2 Å². The second-order valence-corrected chi connectivity index (χ2v) is 7.05. The quantitative estimate of drug-likeness (QED) is 0.635. The highest BCUT2D eigenvalue weighted by Gasteiger charge is 2.26. The predicted octanol–water partition coefficient (Wildman–Crippen LogP) is 2.46. The molecular weight excluding hydrogens is 179 g/mol. The first kappa shape index (κ1) is 11.5. The smallest absolute Gasteiger partial charge is 0.460 e. The van der Waals surface area contributed by atoms with Gasteiger partial charge in [-0.2, -0.15) is 0 Å². The van der Waals surface area contributed by atoms with Crippen LogP contribution in [0.5, 0.6) is 0 Å². The van der Waals surface area contributed by atoms with Crippen molar-refractivity contribution in [3.8, 4) is 0 Å². The Hall–Kier alpha value is 0.452. The summed E-state index contributed by atoms with van der Waals surface area (Å²) in [7, 11) is 0. The minimum Gasteiger partial charge on any atom is -0.498 e. The van der Waals surface area contributed by atoms with E-state index in [1.807, 2.05) is 0 Å². The Morgan fingerprint density at radius 2 is 2.15 bits per heavy atom.